The van der Waals surface area contributed by atoms with Crippen LogP contribution in [-0.2, 0) is 6.18 Å². The van der Waals surface area contributed by atoms with Gasteiger partial charge in [-0.05, 0) is 49.9 Å². The van der Waals surface area contributed by atoms with Crippen LogP contribution in [0.15, 0.2) is 48.5 Å². The molecule has 4 rings (SSSR count). The van der Waals surface area contributed by atoms with Crippen molar-refractivity contribution in [3.8, 4) is 5.75 Å². The number of carbonyl (C=O) groups is 1. The van der Waals surface area contributed by atoms with E-state index in [-0.39, 0.29) is 34.8 Å². The lowest BCUT2D eigenvalue weighted by molar-refractivity contribution is -0.140. The van der Waals surface area contributed by atoms with Crippen molar-refractivity contribution in [2.24, 2.45) is 0 Å². The molecule has 1 heterocycles. The molecule has 5 nitrogen and oxygen atoms in total. The Kier molecular flexibility index (Phi) is 6.40. The van der Waals surface area contributed by atoms with Crippen molar-refractivity contribution in [2.45, 2.75) is 43.9 Å². The van der Waals surface area contributed by atoms with Crippen molar-refractivity contribution in [2.75, 3.05) is 12.4 Å². The van der Waals surface area contributed by atoms with Gasteiger partial charge < -0.3 is 15.4 Å². The minimum Gasteiger partial charge on any atom is -0.496 e. The van der Waals surface area contributed by atoms with Gasteiger partial charge in [-0.2, -0.15) is 13.2 Å². The molecule has 33 heavy (non-hydrogen) atoms. The van der Waals surface area contributed by atoms with Crippen molar-refractivity contribution < 1.29 is 27.1 Å². The van der Waals surface area contributed by atoms with Crippen molar-refractivity contribution in [3.63, 3.8) is 0 Å². The summed E-state index contributed by atoms with van der Waals surface area (Å²) in [5.74, 6) is -0.682. The van der Waals surface area contributed by atoms with Crippen LogP contribution in [0.1, 0.15) is 41.7 Å². The molecule has 0 bridgehead atoms. The minimum absolute atomic E-state index is 0.0367. The van der Waals surface area contributed by atoms with Gasteiger partial charge in [0.25, 0.3) is 5.91 Å². The summed E-state index contributed by atoms with van der Waals surface area (Å²) in [5.41, 5.74) is 0.000423. The summed E-state index contributed by atoms with van der Waals surface area (Å²) in [5, 5.41) is 6.83. The number of para-hydroxylation sites is 1. The number of benzene rings is 2. The number of nitrogens with one attached hydrogen (secondary N) is 2. The summed E-state index contributed by atoms with van der Waals surface area (Å²) in [4.78, 5) is 16.4. The highest BCUT2D eigenvalue weighted by molar-refractivity contribution is 5.97. The molecule has 2 aromatic carbocycles. The number of rotatable bonds is 5. The van der Waals surface area contributed by atoms with Gasteiger partial charge in [0.15, 0.2) is 0 Å². The number of alkyl halides is 3. The second kappa shape index (κ2) is 9.25. The molecular weight excluding hydrogens is 438 g/mol. The zero-order valence-electron chi connectivity index (χ0n) is 17.9. The molecule has 1 aliphatic carbocycles. The van der Waals surface area contributed by atoms with Gasteiger partial charge in [0.05, 0.1) is 18.2 Å². The predicted molar refractivity (Wildman–Crippen MR) is 117 cm³/mol. The normalized spacial score (nSPS) is 18.7. The first-order chi connectivity index (χ1) is 15.7. The number of halogens is 4. The molecule has 174 valence electrons. The first-order valence-electron chi connectivity index (χ1n) is 10.6. The molecule has 1 aromatic heterocycles. The van der Waals surface area contributed by atoms with Crippen molar-refractivity contribution >= 4 is 22.5 Å². The van der Waals surface area contributed by atoms with Crippen molar-refractivity contribution in [1.82, 2.24) is 10.3 Å². The summed E-state index contributed by atoms with van der Waals surface area (Å²) in [7, 11) is 1.37. The summed E-state index contributed by atoms with van der Waals surface area (Å²) in [6.45, 7) is 0. The van der Waals surface area contributed by atoms with E-state index in [9.17, 15) is 22.4 Å². The third-order valence-electron chi connectivity index (χ3n) is 5.84. The summed E-state index contributed by atoms with van der Waals surface area (Å²) < 4.78 is 58.4. The van der Waals surface area contributed by atoms with E-state index in [1.54, 1.807) is 24.3 Å². The van der Waals surface area contributed by atoms with Crippen molar-refractivity contribution in [1.29, 1.82) is 0 Å². The van der Waals surface area contributed by atoms with Gasteiger partial charge in [-0.25, -0.2) is 9.37 Å². The van der Waals surface area contributed by atoms with Crippen LogP contribution in [0.3, 0.4) is 0 Å². The maximum absolute atomic E-state index is 13.4. The van der Waals surface area contributed by atoms with E-state index in [1.165, 1.54) is 19.2 Å². The highest BCUT2D eigenvalue weighted by atomic mass is 19.4. The summed E-state index contributed by atoms with van der Waals surface area (Å²) in [6, 6.07) is 11.4. The largest absolute Gasteiger partial charge is 0.496 e. The zero-order chi connectivity index (χ0) is 23.6. The average Bonchev–Trinajstić information content (AvgIpc) is 2.79. The van der Waals surface area contributed by atoms with Crippen LogP contribution in [-0.4, -0.2) is 30.1 Å². The molecule has 2 N–H and O–H groups in total. The molecule has 1 fully saturated rings. The van der Waals surface area contributed by atoms with E-state index in [4.69, 9.17) is 4.74 Å². The monoisotopic (exact) mass is 461 g/mol. The number of ether oxygens (including phenoxy) is 1. The number of aromatic nitrogens is 1. The Balaban J connectivity index is 1.42. The molecule has 0 atom stereocenters. The molecule has 0 unspecified atom stereocenters. The SMILES string of the molecule is COc1cc(F)ccc1C(=O)NC1CCC(Nc2cc(C(F)(F)F)nc3ccccc23)CC1. The first-order valence-corrected chi connectivity index (χ1v) is 10.6. The Morgan fingerprint density at radius 1 is 1.03 bits per heavy atom. The smallest absolute Gasteiger partial charge is 0.433 e. The molecule has 1 saturated carbocycles. The molecular formula is C24H23F4N3O2. The van der Waals surface area contributed by atoms with E-state index in [2.05, 4.69) is 15.6 Å². The van der Waals surface area contributed by atoms with E-state index in [0.29, 0.717) is 36.8 Å². The van der Waals surface area contributed by atoms with Gasteiger partial charge in [0.1, 0.15) is 17.3 Å². The predicted octanol–water partition coefficient (Wildman–Crippen LogP) is 5.55. The second-order valence-corrected chi connectivity index (χ2v) is 8.08. The number of hydrogen-bond donors (Lipinski definition) is 2. The number of methoxy groups -OCH3 is 1. The molecule has 3 aromatic rings. The molecule has 9 heteroatoms. The lowest BCUT2D eigenvalue weighted by Crippen LogP contribution is -2.40. The molecule has 0 saturated heterocycles. The Bertz CT molecular complexity index is 1160. The average molecular weight is 461 g/mol. The Morgan fingerprint density at radius 3 is 2.42 bits per heavy atom. The lowest BCUT2D eigenvalue weighted by atomic mass is 9.90. The number of carbonyl (C=O) groups excluding carboxylic acids is 1. The van der Waals surface area contributed by atoms with Gasteiger partial charge in [-0.15, -0.1) is 0 Å². The van der Waals surface area contributed by atoms with Crippen LogP contribution in [0, 0.1) is 5.82 Å². The number of pyridine rings is 1. The third kappa shape index (κ3) is 5.18. The Hall–Kier alpha value is -3.36. The fraction of sp³-hybridized carbons (Fsp3) is 0.333. The van der Waals surface area contributed by atoms with Gasteiger partial charge in [0, 0.05) is 29.2 Å². The van der Waals surface area contributed by atoms with Crippen LogP contribution in [0.5, 0.6) is 5.75 Å². The van der Waals surface area contributed by atoms with Crippen molar-refractivity contribution in [3.05, 3.63) is 65.6 Å². The van der Waals surface area contributed by atoms with Gasteiger partial charge >= 0.3 is 6.18 Å². The van der Waals surface area contributed by atoms with Gasteiger partial charge in [-0.3, -0.25) is 4.79 Å². The standard InChI is InChI=1S/C24H23F4N3O2/c1-33-21-12-14(25)6-11-18(21)23(32)30-16-9-7-15(8-10-16)29-20-13-22(24(26,27)28)31-19-5-3-2-4-17(19)20/h2-6,11-13,15-16H,7-10H2,1H3,(H,29,31)(H,30,32). The van der Waals surface area contributed by atoms with E-state index < -0.39 is 17.7 Å². The van der Waals surface area contributed by atoms with E-state index in [0.717, 1.165) is 12.1 Å². The fourth-order valence-electron chi connectivity index (χ4n) is 4.16. The molecule has 0 radical (unpaired) electrons. The summed E-state index contributed by atoms with van der Waals surface area (Å²) >= 11 is 0. The molecule has 1 amide bonds. The second-order valence-electron chi connectivity index (χ2n) is 8.08. The molecule has 1 aliphatic rings. The van der Waals surface area contributed by atoms with Crippen LogP contribution in [0.2, 0.25) is 0 Å². The first kappa shape index (κ1) is 22.8. The number of anilines is 1. The Labute approximate surface area is 188 Å². The number of nitrogens with zero attached hydrogens (tertiary/aromatic N) is 1. The highest BCUT2D eigenvalue weighted by Gasteiger charge is 2.34. The van der Waals surface area contributed by atoms with Crippen LogP contribution < -0.4 is 15.4 Å². The Morgan fingerprint density at radius 2 is 1.73 bits per heavy atom. The maximum Gasteiger partial charge on any atom is 0.433 e. The lowest BCUT2D eigenvalue weighted by Gasteiger charge is -2.31. The van der Waals surface area contributed by atoms with Crippen LogP contribution in [0.25, 0.3) is 10.9 Å². The van der Waals surface area contributed by atoms with E-state index >= 15 is 0 Å². The van der Waals surface area contributed by atoms with Gasteiger partial charge in [0.2, 0.25) is 0 Å². The third-order valence-corrected chi connectivity index (χ3v) is 5.84. The number of hydrogen-bond acceptors (Lipinski definition) is 4. The number of fused-ring (bicyclic) bond motifs is 1. The molecule has 0 spiro atoms. The fourth-order valence-corrected chi connectivity index (χ4v) is 4.16. The van der Waals surface area contributed by atoms with Crippen LogP contribution >= 0.6 is 0 Å². The summed E-state index contributed by atoms with van der Waals surface area (Å²) in [6.07, 6.45) is -1.89. The van der Waals surface area contributed by atoms with Gasteiger partial charge in [-0.1, -0.05) is 18.2 Å². The highest BCUT2D eigenvalue weighted by Crippen LogP contribution is 2.34. The van der Waals surface area contributed by atoms with E-state index in [1.807, 2.05) is 0 Å². The zero-order valence-corrected chi connectivity index (χ0v) is 17.9. The minimum atomic E-state index is -4.54. The topological polar surface area (TPSA) is 63.2 Å². The molecule has 0 aliphatic heterocycles. The van der Waals surface area contributed by atoms with Crippen LogP contribution in [0.4, 0.5) is 23.2 Å². The maximum atomic E-state index is 13.4. The number of amides is 1. The quantitative estimate of drug-likeness (QED) is 0.489.